The van der Waals surface area contributed by atoms with Crippen LogP contribution < -0.4 is 10.1 Å². The number of ether oxygens (including phenoxy) is 1. The Morgan fingerprint density at radius 1 is 1.39 bits per heavy atom. The van der Waals surface area contributed by atoms with Crippen molar-refractivity contribution in [2.45, 2.75) is 19.9 Å². The average molecular weight is 262 g/mol. The lowest BCUT2D eigenvalue weighted by Crippen LogP contribution is -2.23. The molecule has 1 atom stereocenters. The average Bonchev–Trinajstić information content (AvgIpc) is 2.82. The van der Waals surface area contributed by atoms with Crippen molar-refractivity contribution in [1.82, 2.24) is 10.3 Å². The third kappa shape index (κ3) is 3.82. The molecule has 1 unspecified atom stereocenters. The molecule has 2 rings (SSSR count). The first kappa shape index (κ1) is 13.1. The summed E-state index contributed by atoms with van der Waals surface area (Å²) in [5, 5.41) is 3.45. The Hall–Kier alpha value is -1.39. The summed E-state index contributed by atoms with van der Waals surface area (Å²) in [7, 11) is 0. The molecule has 2 aromatic heterocycles. The molecule has 1 N–H and O–H groups in total. The molecular weight excluding hydrogens is 244 g/mol. The molecule has 0 fully saturated rings. The highest BCUT2D eigenvalue weighted by molar-refractivity contribution is 7.12. The third-order valence-corrected chi connectivity index (χ3v) is 3.83. The number of nitrogens with zero attached hydrogens (tertiary/aromatic N) is 1. The van der Waals surface area contributed by atoms with E-state index in [9.17, 15) is 0 Å². The van der Waals surface area contributed by atoms with Crippen molar-refractivity contribution in [3.05, 3.63) is 46.4 Å². The Morgan fingerprint density at radius 3 is 2.94 bits per heavy atom. The Bertz CT molecular complexity index is 470. The van der Waals surface area contributed by atoms with Crippen LogP contribution in [0, 0.1) is 6.92 Å². The first-order chi connectivity index (χ1) is 8.75. The van der Waals surface area contributed by atoms with E-state index in [2.05, 4.69) is 36.3 Å². The van der Waals surface area contributed by atoms with Gasteiger partial charge in [-0.2, -0.15) is 0 Å². The largest absolute Gasteiger partial charge is 0.491 e. The molecular formula is C14H18N2OS. The molecule has 3 nitrogen and oxygen atoms in total. The number of rotatable bonds is 6. The minimum absolute atomic E-state index is 0.376. The Labute approximate surface area is 112 Å². The summed E-state index contributed by atoms with van der Waals surface area (Å²) in [6.45, 7) is 5.79. The third-order valence-electron chi connectivity index (χ3n) is 2.64. The van der Waals surface area contributed by atoms with Crippen LogP contribution in [0.2, 0.25) is 0 Å². The molecule has 0 bridgehead atoms. The van der Waals surface area contributed by atoms with Gasteiger partial charge in [0.15, 0.2) is 0 Å². The van der Waals surface area contributed by atoms with Crippen LogP contribution in [0.3, 0.4) is 0 Å². The topological polar surface area (TPSA) is 34.1 Å². The number of pyridine rings is 1. The number of hydrogen-bond donors (Lipinski definition) is 1. The SMILES string of the molecule is Cc1ccc(C(C)NCCOc2cccnc2)s1. The standard InChI is InChI=1S/C14H18N2OS/c1-11-5-6-14(18-11)12(2)16-8-9-17-13-4-3-7-15-10-13/h3-7,10,12,16H,8-9H2,1-2H3. The molecule has 0 aliphatic heterocycles. The summed E-state index contributed by atoms with van der Waals surface area (Å²) in [6, 6.07) is 8.50. The van der Waals surface area contributed by atoms with Crippen LogP contribution in [0.25, 0.3) is 0 Å². The van der Waals surface area contributed by atoms with E-state index in [1.807, 2.05) is 23.5 Å². The van der Waals surface area contributed by atoms with Crippen LogP contribution in [0.4, 0.5) is 0 Å². The summed E-state index contributed by atoms with van der Waals surface area (Å²) in [6.07, 6.45) is 3.47. The summed E-state index contributed by atoms with van der Waals surface area (Å²) < 4.78 is 5.58. The highest BCUT2D eigenvalue weighted by atomic mass is 32.1. The predicted molar refractivity (Wildman–Crippen MR) is 75.2 cm³/mol. The van der Waals surface area contributed by atoms with E-state index >= 15 is 0 Å². The second-order valence-electron chi connectivity index (χ2n) is 4.16. The molecule has 2 heterocycles. The van der Waals surface area contributed by atoms with Crippen LogP contribution >= 0.6 is 11.3 Å². The van der Waals surface area contributed by atoms with Crippen LogP contribution in [-0.4, -0.2) is 18.1 Å². The number of aromatic nitrogens is 1. The van der Waals surface area contributed by atoms with Gasteiger partial charge < -0.3 is 10.1 Å². The number of hydrogen-bond acceptors (Lipinski definition) is 4. The molecule has 0 radical (unpaired) electrons. The monoisotopic (exact) mass is 262 g/mol. The lowest BCUT2D eigenvalue weighted by atomic mass is 10.3. The van der Waals surface area contributed by atoms with Crippen LogP contribution in [0.15, 0.2) is 36.7 Å². The molecule has 0 saturated heterocycles. The van der Waals surface area contributed by atoms with Gasteiger partial charge in [-0.05, 0) is 38.1 Å². The van der Waals surface area contributed by atoms with Crippen molar-refractivity contribution < 1.29 is 4.74 Å². The zero-order valence-corrected chi connectivity index (χ0v) is 11.5. The maximum Gasteiger partial charge on any atom is 0.137 e. The van der Waals surface area contributed by atoms with Gasteiger partial charge in [0.2, 0.25) is 0 Å². The van der Waals surface area contributed by atoms with E-state index in [4.69, 9.17) is 4.74 Å². The highest BCUT2D eigenvalue weighted by Crippen LogP contribution is 2.21. The Kier molecular flexibility index (Phi) is 4.73. The zero-order valence-electron chi connectivity index (χ0n) is 10.7. The number of nitrogens with one attached hydrogen (secondary N) is 1. The summed E-state index contributed by atoms with van der Waals surface area (Å²) in [4.78, 5) is 6.73. The van der Waals surface area contributed by atoms with Gasteiger partial charge in [0.25, 0.3) is 0 Å². The van der Waals surface area contributed by atoms with Gasteiger partial charge >= 0.3 is 0 Å². The molecule has 2 aromatic rings. The van der Waals surface area contributed by atoms with E-state index < -0.39 is 0 Å². The van der Waals surface area contributed by atoms with E-state index in [0.717, 1.165) is 12.3 Å². The summed E-state index contributed by atoms with van der Waals surface area (Å²) in [5.41, 5.74) is 0. The normalized spacial score (nSPS) is 12.3. The maximum atomic E-state index is 5.58. The maximum absolute atomic E-state index is 5.58. The molecule has 0 aliphatic carbocycles. The summed E-state index contributed by atoms with van der Waals surface area (Å²) >= 11 is 1.84. The molecule has 0 aromatic carbocycles. The van der Waals surface area contributed by atoms with Gasteiger partial charge in [0.1, 0.15) is 12.4 Å². The first-order valence-corrected chi connectivity index (χ1v) is 6.90. The Morgan fingerprint density at radius 2 is 2.28 bits per heavy atom. The quantitative estimate of drug-likeness (QED) is 0.812. The second-order valence-corrected chi connectivity index (χ2v) is 5.48. The van der Waals surface area contributed by atoms with Crippen molar-refractivity contribution in [1.29, 1.82) is 0 Å². The number of aryl methyl sites for hydroxylation is 1. The zero-order chi connectivity index (χ0) is 12.8. The first-order valence-electron chi connectivity index (χ1n) is 6.08. The van der Waals surface area contributed by atoms with Gasteiger partial charge in [0, 0.05) is 28.5 Å². The van der Waals surface area contributed by atoms with Crippen molar-refractivity contribution in [3.63, 3.8) is 0 Å². The Balaban J connectivity index is 1.69. The van der Waals surface area contributed by atoms with Gasteiger partial charge in [-0.1, -0.05) is 0 Å². The second kappa shape index (κ2) is 6.52. The van der Waals surface area contributed by atoms with Gasteiger partial charge in [0.05, 0.1) is 6.20 Å². The van der Waals surface area contributed by atoms with E-state index in [0.29, 0.717) is 12.6 Å². The van der Waals surface area contributed by atoms with Crippen molar-refractivity contribution >= 4 is 11.3 Å². The van der Waals surface area contributed by atoms with Crippen molar-refractivity contribution in [2.75, 3.05) is 13.2 Å². The van der Waals surface area contributed by atoms with Gasteiger partial charge in [-0.3, -0.25) is 4.98 Å². The molecule has 4 heteroatoms. The van der Waals surface area contributed by atoms with E-state index in [-0.39, 0.29) is 0 Å². The fourth-order valence-electron chi connectivity index (χ4n) is 1.66. The highest BCUT2D eigenvalue weighted by Gasteiger charge is 2.06. The van der Waals surface area contributed by atoms with Crippen LogP contribution in [-0.2, 0) is 0 Å². The van der Waals surface area contributed by atoms with E-state index in [1.165, 1.54) is 9.75 Å². The fraction of sp³-hybridized carbons (Fsp3) is 0.357. The lowest BCUT2D eigenvalue weighted by Gasteiger charge is -2.12. The molecule has 0 amide bonds. The molecule has 0 spiro atoms. The minimum atomic E-state index is 0.376. The molecule has 0 saturated carbocycles. The van der Waals surface area contributed by atoms with Crippen molar-refractivity contribution in [2.24, 2.45) is 0 Å². The molecule has 96 valence electrons. The predicted octanol–water partition coefficient (Wildman–Crippen LogP) is 3.18. The van der Waals surface area contributed by atoms with Crippen LogP contribution in [0.1, 0.15) is 22.7 Å². The molecule has 18 heavy (non-hydrogen) atoms. The van der Waals surface area contributed by atoms with Gasteiger partial charge in [-0.25, -0.2) is 0 Å². The summed E-state index contributed by atoms with van der Waals surface area (Å²) in [5.74, 6) is 0.818. The van der Waals surface area contributed by atoms with E-state index in [1.54, 1.807) is 12.4 Å². The molecule has 0 aliphatic rings. The lowest BCUT2D eigenvalue weighted by molar-refractivity contribution is 0.307. The smallest absolute Gasteiger partial charge is 0.137 e. The van der Waals surface area contributed by atoms with Crippen LogP contribution in [0.5, 0.6) is 5.75 Å². The van der Waals surface area contributed by atoms with Crippen molar-refractivity contribution in [3.8, 4) is 5.75 Å². The minimum Gasteiger partial charge on any atom is -0.491 e. The number of thiophene rings is 1. The fourth-order valence-corrected chi connectivity index (χ4v) is 2.57. The van der Waals surface area contributed by atoms with Gasteiger partial charge in [-0.15, -0.1) is 11.3 Å².